The Labute approximate surface area is 114 Å². The van der Waals surface area contributed by atoms with E-state index in [1.807, 2.05) is 12.1 Å². The molecule has 3 N–H and O–H groups in total. The highest BCUT2D eigenvalue weighted by atomic mass is 32.1. The molecule has 1 aliphatic rings. The molecule has 1 aromatic rings. The molecule has 0 aromatic carbocycles. The first-order valence-corrected chi connectivity index (χ1v) is 6.79. The molecule has 2 heterocycles. The monoisotopic (exact) mass is 264 g/mol. The number of nitrogens with one attached hydrogen (secondary N) is 1. The molecule has 1 aliphatic heterocycles. The van der Waals surface area contributed by atoms with Gasteiger partial charge in [0.1, 0.15) is 4.99 Å². The standard InChI is InChI=1S/C13H20N4S/c1-9-4-3-5-10(2)17(9)16-11-6-7-12(13(14)18)15-8-11/h6-10,16H,3-5H2,1-2H3,(H2,14,18). The molecular weight excluding hydrogens is 244 g/mol. The third kappa shape index (κ3) is 2.97. The lowest BCUT2D eigenvalue weighted by Gasteiger charge is -2.39. The highest BCUT2D eigenvalue weighted by Crippen LogP contribution is 2.23. The summed E-state index contributed by atoms with van der Waals surface area (Å²) in [4.78, 5) is 4.57. The fourth-order valence-corrected chi connectivity index (χ4v) is 2.52. The molecule has 4 nitrogen and oxygen atoms in total. The van der Waals surface area contributed by atoms with Gasteiger partial charge in [0.05, 0.1) is 17.6 Å². The Kier molecular flexibility index (Phi) is 4.14. The van der Waals surface area contributed by atoms with Gasteiger partial charge in [0.25, 0.3) is 0 Å². The largest absolute Gasteiger partial charge is 0.388 e. The number of pyridine rings is 1. The van der Waals surface area contributed by atoms with Gasteiger partial charge in [-0.2, -0.15) is 0 Å². The molecule has 0 saturated carbocycles. The van der Waals surface area contributed by atoms with Gasteiger partial charge >= 0.3 is 0 Å². The Bertz CT molecular complexity index is 408. The fraction of sp³-hybridized carbons (Fsp3) is 0.538. The molecule has 0 radical (unpaired) electrons. The van der Waals surface area contributed by atoms with Gasteiger partial charge in [0.15, 0.2) is 0 Å². The van der Waals surface area contributed by atoms with Gasteiger partial charge in [-0.25, -0.2) is 5.01 Å². The average Bonchev–Trinajstić information content (AvgIpc) is 2.34. The quantitative estimate of drug-likeness (QED) is 0.821. The second kappa shape index (κ2) is 5.63. The minimum atomic E-state index is 0.334. The lowest BCUT2D eigenvalue weighted by molar-refractivity contribution is 0.135. The van der Waals surface area contributed by atoms with Crippen LogP contribution >= 0.6 is 12.2 Å². The van der Waals surface area contributed by atoms with Gasteiger partial charge in [0, 0.05) is 12.1 Å². The van der Waals surface area contributed by atoms with E-state index in [4.69, 9.17) is 18.0 Å². The second-order valence-corrected chi connectivity index (χ2v) is 5.38. The van der Waals surface area contributed by atoms with E-state index in [0.29, 0.717) is 22.8 Å². The van der Waals surface area contributed by atoms with Crippen molar-refractivity contribution < 1.29 is 0 Å². The van der Waals surface area contributed by atoms with Crippen LogP contribution in [0.5, 0.6) is 0 Å². The molecule has 18 heavy (non-hydrogen) atoms. The third-order valence-electron chi connectivity index (χ3n) is 3.47. The Balaban J connectivity index is 2.06. The van der Waals surface area contributed by atoms with Crippen molar-refractivity contribution >= 4 is 22.9 Å². The number of hydrazine groups is 1. The SMILES string of the molecule is CC1CCCC(C)N1Nc1ccc(C(N)=S)nc1. The van der Waals surface area contributed by atoms with E-state index in [-0.39, 0.29) is 0 Å². The van der Waals surface area contributed by atoms with E-state index < -0.39 is 0 Å². The molecule has 0 aliphatic carbocycles. The van der Waals surface area contributed by atoms with Crippen molar-refractivity contribution in [3.8, 4) is 0 Å². The van der Waals surface area contributed by atoms with Crippen molar-refractivity contribution in [3.05, 3.63) is 24.0 Å². The first kappa shape index (κ1) is 13.2. The van der Waals surface area contributed by atoms with E-state index in [9.17, 15) is 0 Å². The molecule has 0 bridgehead atoms. The summed E-state index contributed by atoms with van der Waals surface area (Å²) in [6.45, 7) is 4.50. The number of piperidine rings is 1. The van der Waals surface area contributed by atoms with Crippen LogP contribution in [0.25, 0.3) is 0 Å². The predicted octanol–water partition coefficient (Wildman–Crippen LogP) is 2.31. The van der Waals surface area contributed by atoms with Crippen LogP contribution in [0.3, 0.4) is 0 Å². The Morgan fingerprint density at radius 2 is 2.06 bits per heavy atom. The van der Waals surface area contributed by atoms with Crippen LogP contribution < -0.4 is 11.2 Å². The molecule has 2 unspecified atom stereocenters. The summed E-state index contributed by atoms with van der Waals surface area (Å²) in [5.41, 5.74) is 10.6. The van der Waals surface area contributed by atoms with Gasteiger partial charge in [0.2, 0.25) is 0 Å². The zero-order valence-corrected chi connectivity index (χ0v) is 11.7. The maximum atomic E-state index is 5.53. The molecule has 5 heteroatoms. The number of hydrogen-bond donors (Lipinski definition) is 2. The molecule has 0 spiro atoms. The smallest absolute Gasteiger partial charge is 0.122 e. The minimum Gasteiger partial charge on any atom is -0.388 e. The number of anilines is 1. The lowest BCUT2D eigenvalue weighted by Crippen LogP contribution is -2.47. The molecule has 1 saturated heterocycles. The van der Waals surface area contributed by atoms with Crippen LogP contribution in [0, 0.1) is 0 Å². The summed E-state index contributed by atoms with van der Waals surface area (Å²) in [7, 11) is 0. The maximum Gasteiger partial charge on any atom is 0.122 e. The second-order valence-electron chi connectivity index (χ2n) is 4.94. The summed E-state index contributed by atoms with van der Waals surface area (Å²) < 4.78 is 0. The zero-order valence-electron chi connectivity index (χ0n) is 10.9. The van der Waals surface area contributed by atoms with E-state index in [0.717, 1.165) is 5.69 Å². The van der Waals surface area contributed by atoms with E-state index in [2.05, 4.69) is 29.3 Å². The van der Waals surface area contributed by atoms with E-state index in [1.54, 1.807) is 6.20 Å². The van der Waals surface area contributed by atoms with Crippen LogP contribution in [0.1, 0.15) is 38.8 Å². The minimum absolute atomic E-state index is 0.334. The summed E-state index contributed by atoms with van der Waals surface area (Å²) in [6, 6.07) is 4.91. The van der Waals surface area contributed by atoms with Gasteiger partial charge in [-0.15, -0.1) is 0 Å². The summed E-state index contributed by atoms with van der Waals surface area (Å²) in [6.07, 6.45) is 5.55. The van der Waals surface area contributed by atoms with Crippen LogP contribution in [-0.4, -0.2) is 27.1 Å². The Morgan fingerprint density at radius 1 is 1.39 bits per heavy atom. The van der Waals surface area contributed by atoms with Crippen molar-refractivity contribution in [2.75, 3.05) is 5.43 Å². The molecule has 2 atom stereocenters. The van der Waals surface area contributed by atoms with Crippen molar-refractivity contribution in [2.45, 2.75) is 45.2 Å². The number of nitrogens with zero attached hydrogens (tertiary/aromatic N) is 2. The van der Waals surface area contributed by atoms with Gasteiger partial charge in [-0.1, -0.05) is 18.6 Å². The summed E-state index contributed by atoms with van der Waals surface area (Å²) in [5.74, 6) is 0. The number of thiocarbonyl (C=S) groups is 1. The number of hydrogen-bond acceptors (Lipinski definition) is 4. The van der Waals surface area contributed by atoms with Crippen LogP contribution in [0.15, 0.2) is 18.3 Å². The third-order valence-corrected chi connectivity index (χ3v) is 3.68. The first-order chi connectivity index (χ1) is 8.58. The summed E-state index contributed by atoms with van der Waals surface area (Å²) >= 11 is 4.89. The fourth-order valence-electron chi connectivity index (χ4n) is 2.40. The van der Waals surface area contributed by atoms with Crippen molar-refractivity contribution in [3.63, 3.8) is 0 Å². The average molecular weight is 264 g/mol. The number of nitrogens with two attached hydrogens (primary N) is 1. The van der Waals surface area contributed by atoms with Crippen molar-refractivity contribution in [1.29, 1.82) is 0 Å². The van der Waals surface area contributed by atoms with Crippen LogP contribution in [0.4, 0.5) is 5.69 Å². The highest BCUT2D eigenvalue weighted by molar-refractivity contribution is 7.80. The maximum absolute atomic E-state index is 5.53. The number of aromatic nitrogens is 1. The van der Waals surface area contributed by atoms with Crippen molar-refractivity contribution in [1.82, 2.24) is 9.99 Å². The topological polar surface area (TPSA) is 54.2 Å². The molecule has 2 rings (SSSR count). The molecule has 0 amide bonds. The normalized spacial score (nSPS) is 24.8. The first-order valence-electron chi connectivity index (χ1n) is 6.39. The Hall–Kier alpha value is -1.20. The van der Waals surface area contributed by atoms with E-state index in [1.165, 1.54) is 19.3 Å². The van der Waals surface area contributed by atoms with Crippen LogP contribution in [-0.2, 0) is 0 Å². The van der Waals surface area contributed by atoms with Crippen LogP contribution in [0.2, 0.25) is 0 Å². The van der Waals surface area contributed by atoms with Gasteiger partial charge < -0.3 is 11.2 Å². The van der Waals surface area contributed by atoms with Gasteiger partial charge in [-0.05, 0) is 38.8 Å². The number of rotatable bonds is 3. The molecular formula is C13H20N4S. The van der Waals surface area contributed by atoms with Gasteiger partial charge in [-0.3, -0.25) is 4.98 Å². The molecule has 1 aromatic heterocycles. The molecule has 98 valence electrons. The summed E-state index contributed by atoms with van der Waals surface area (Å²) in [5, 5.41) is 2.31. The predicted molar refractivity (Wildman–Crippen MR) is 78.4 cm³/mol. The highest BCUT2D eigenvalue weighted by Gasteiger charge is 2.24. The zero-order chi connectivity index (χ0) is 13.1. The lowest BCUT2D eigenvalue weighted by atomic mass is 10.00. The van der Waals surface area contributed by atoms with E-state index >= 15 is 0 Å². The molecule has 1 fully saturated rings. The van der Waals surface area contributed by atoms with Crippen molar-refractivity contribution in [2.24, 2.45) is 5.73 Å². The Morgan fingerprint density at radius 3 is 2.56 bits per heavy atom.